The fraction of sp³-hybridized carbons (Fsp3) is 0.357. The van der Waals surface area contributed by atoms with Crippen LogP contribution in [0.4, 0.5) is 10.5 Å². The molecule has 0 unspecified atom stereocenters. The van der Waals surface area contributed by atoms with Gasteiger partial charge in [-0.15, -0.1) is 11.3 Å². The van der Waals surface area contributed by atoms with E-state index in [1.807, 2.05) is 42.6 Å². The van der Waals surface area contributed by atoms with Crippen LogP contribution in [0.3, 0.4) is 0 Å². The largest absolute Gasteiger partial charge is 0.343 e. The fourth-order valence-corrected chi connectivity index (χ4v) is 5.26. The maximum absolute atomic E-state index is 13.0. The molecule has 0 radical (unpaired) electrons. The van der Waals surface area contributed by atoms with E-state index in [9.17, 15) is 9.59 Å². The second-order valence-corrected chi connectivity index (χ2v) is 10.4. The van der Waals surface area contributed by atoms with Crippen molar-refractivity contribution in [1.29, 1.82) is 0 Å². The monoisotopic (exact) mass is 490 g/mol. The van der Waals surface area contributed by atoms with E-state index in [1.165, 1.54) is 5.56 Å². The Morgan fingerprint density at radius 2 is 1.74 bits per heavy atom. The lowest BCUT2D eigenvalue weighted by Gasteiger charge is -2.32. The summed E-state index contributed by atoms with van der Waals surface area (Å²) in [5, 5.41) is 11.2. The van der Waals surface area contributed by atoms with Crippen LogP contribution < -0.4 is 16.0 Å². The molecule has 1 aliphatic heterocycles. The molecule has 0 bridgehead atoms. The average molecular weight is 491 g/mol. The summed E-state index contributed by atoms with van der Waals surface area (Å²) in [7, 11) is 0. The van der Waals surface area contributed by atoms with Gasteiger partial charge in [-0.25, -0.2) is 4.79 Å². The van der Waals surface area contributed by atoms with E-state index in [-0.39, 0.29) is 18.0 Å². The van der Waals surface area contributed by atoms with Gasteiger partial charge in [0.05, 0.1) is 12.6 Å². The minimum absolute atomic E-state index is 0.0229. The molecule has 2 aromatic carbocycles. The summed E-state index contributed by atoms with van der Waals surface area (Å²) < 4.78 is 0. The molecule has 0 saturated carbocycles. The first-order chi connectivity index (χ1) is 17.0. The SMILES string of the molecule is Cc1ccc(NC(=O)NC[C@@H]2CCCN(CC(=O)N[C@H](c3ccc(C)cc3)c3cccs3)C2)cc1. The number of thiophene rings is 1. The number of likely N-dealkylation sites (tertiary alicyclic amines) is 1. The Kier molecular flexibility index (Phi) is 8.55. The molecule has 1 saturated heterocycles. The number of rotatable bonds is 8. The summed E-state index contributed by atoms with van der Waals surface area (Å²) >= 11 is 1.65. The summed E-state index contributed by atoms with van der Waals surface area (Å²) in [5.41, 5.74) is 4.23. The van der Waals surface area contributed by atoms with Crippen molar-refractivity contribution in [2.75, 3.05) is 31.5 Å². The molecule has 3 amide bonds. The van der Waals surface area contributed by atoms with Gasteiger partial charge in [-0.2, -0.15) is 0 Å². The van der Waals surface area contributed by atoms with E-state index in [0.29, 0.717) is 19.0 Å². The van der Waals surface area contributed by atoms with Gasteiger partial charge in [-0.3, -0.25) is 9.69 Å². The third-order valence-electron chi connectivity index (χ3n) is 6.37. The number of nitrogens with zero attached hydrogens (tertiary/aromatic N) is 1. The lowest BCUT2D eigenvalue weighted by atomic mass is 9.98. The molecule has 2 atom stereocenters. The van der Waals surface area contributed by atoms with Crippen LogP contribution in [-0.2, 0) is 4.79 Å². The zero-order valence-corrected chi connectivity index (χ0v) is 21.2. The zero-order chi connectivity index (χ0) is 24.6. The minimum Gasteiger partial charge on any atom is -0.343 e. The van der Waals surface area contributed by atoms with Gasteiger partial charge >= 0.3 is 6.03 Å². The van der Waals surface area contributed by atoms with Gasteiger partial charge in [-0.05, 0) is 68.3 Å². The number of carbonyl (C=O) groups excluding carboxylic acids is 2. The molecule has 3 aromatic rings. The lowest BCUT2D eigenvalue weighted by molar-refractivity contribution is -0.123. The molecule has 1 aromatic heterocycles. The molecular formula is C28H34N4O2S. The van der Waals surface area contributed by atoms with Crippen molar-refractivity contribution in [2.45, 2.75) is 32.7 Å². The smallest absolute Gasteiger partial charge is 0.319 e. The van der Waals surface area contributed by atoms with Crippen molar-refractivity contribution in [3.8, 4) is 0 Å². The van der Waals surface area contributed by atoms with E-state index < -0.39 is 0 Å². The number of benzene rings is 2. The second kappa shape index (κ2) is 12.0. The van der Waals surface area contributed by atoms with Crippen LogP contribution in [0.5, 0.6) is 0 Å². The van der Waals surface area contributed by atoms with Gasteiger partial charge < -0.3 is 16.0 Å². The summed E-state index contributed by atoms with van der Waals surface area (Å²) in [6, 6.07) is 19.8. The maximum Gasteiger partial charge on any atom is 0.319 e. The van der Waals surface area contributed by atoms with E-state index in [1.54, 1.807) is 11.3 Å². The molecule has 1 aliphatic rings. The van der Waals surface area contributed by atoms with Crippen LogP contribution in [0.15, 0.2) is 66.0 Å². The summed E-state index contributed by atoms with van der Waals surface area (Å²) in [4.78, 5) is 28.6. The average Bonchev–Trinajstić information content (AvgIpc) is 3.38. The normalized spacial score (nSPS) is 16.9. The number of piperidine rings is 1. The Morgan fingerprint density at radius 3 is 2.43 bits per heavy atom. The number of amides is 3. The lowest BCUT2D eigenvalue weighted by Crippen LogP contribution is -2.46. The number of nitrogens with one attached hydrogen (secondary N) is 3. The van der Waals surface area contributed by atoms with Crippen molar-refractivity contribution in [1.82, 2.24) is 15.5 Å². The number of carbonyl (C=O) groups is 2. The zero-order valence-electron chi connectivity index (χ0n) is 20.4. The summed E-state index contributed by atoms with van der Waals surface area (Å²) in [5.74, 6) is 0.347. The van der Waals surface area contributed by atoms with Crippen LogP contribution in [0, 0.1) is 19.8 Å². The van der Waals surface area contributed by atoms with Crippen molar-refractivity contribution in [3.63, 3.8) is 0 Å². The number of hydrogen-bond acceptors (Lipinski definition) is 4. The highest BCUT2D eigenvalue weighted by molar-refractivity contribution is 7.10. The predicted octanol–water partition coefficient (Wildman–Crippen LogP) is 5.10. The summed E-state index contributed by atoms with van der Waals surface area (Å²) in [6.07, 6.45) is 2.07. The van der Waals surface area contributed by atoms with Gasteiger partial charge in [0.2, 0.25) is 5.91 Å². The Hall–Kier alpha value is -3.16. The maximum atomic E-state index is 13.0. The topological polar surface area (TPSA) is 73.5 Å². The second-order valence-electron chi connectivity index (χ2n) is 9.37. The van der Waals surface area contributed by atoms with Crippen LogP contribution in [0.25, 0.3) is 0 Å². The number of urea groups is 1. The van der Waals surface area contributed by atoms with Gasteiger partial charge in [0.1, 0.15) is 0 Å². The Morgan fingerprint density at radius 1 is 1.03 bits per heavy atom. The summed E-state index contributed by atoms with van der Waals surface area (Å²) in [6.45, 7) is 6.73. The van der Waals surface area contributed by atoms with E-state index in [4.69, 9.17) is 0 Å². The van der Waals surface area contributed by atoms with Gasteiger partial charge in [0, 0.05) is 23.7 Å². The highest BCUT2D eigenvalue weighted by Crippen LogP contribution is 2.26. The standard InChI is InChI=1S/C28H34N4O2S/c1-20-7-11-23(12-8-20)27(25-6-4-16-35-25)31-26(33)19-32-15-3-5-22(18-32)17-29-28(34)30-24-13-9-21(2)10-14-24/h4,6-14,16,22,27H,3,5,15,17-19H2,1-2H3,(H,31,33)(H2,29,30,34)/t22-,27+/m0/s1. The first-order valence-electron chi connectivity index (χ1n) is 12.2. The van der Waals surface area contributed by atoms with Crippen molar-refractivity contribution < 1.29 is 9.59 Å². The molecule has 35 heavy (non-hydrogen) atoms. The van der Waals surface area contributed by atoms with E-state index >= 15 is 0 Å². The van der Waals surface area contributed by atoms with Crippen LogP contribution >= 0.6 is 11.3 Å². The van der Waals surface area contributed by atoms with E-state index in [0.717, 1.165) is 47.6 Å². The molecule has 4 rings (SSSR count). The van der Waals surface area contributed by atoms with Crippen LogP contribution in [0.1, 0.15) is 40.5 Å². The predicted molar refractivity (Wildman–Crippen MR) is 143 cm³/mol. The minimum atomic E-state index is -0.194. The van der Waals surface area contributed by atoms with E-state index in [2.05, 4.69) is 58.1 Å². The Bertz CT molecular complexity index is 1100. The van der Waals surface area contributed by atoms with Crippen LogP contribution in [0.2, 0.25) is 0 Å². The molecular weight excluding hydrogens is 456 g/mol. The molecule has 2 heterocycles. The molecule has 0 aliphatic carbocycles. The Labute approximate surface area is 211 Å². The first kappa shape index (κ1) is 24.9. The van der Waals surface area contributed by atoms with Crippen molar-refractivity contribution >= 4 is 29.0 Å². The molecule has 0 spiro atoms. The van der Waals surface area contributed by atoms with Gasteiger partial charge in [0.15, 0.2) is 0 Å². The highest BCUT2D eigenvalue weighted by atomic mass is 32.1. The number of aryl methyl sites for hydroxylation is 2. The molecule has 1 fully saturated rings. The Balaban J connectivity index is 1.27. The van der Waals surface area contributed by atoms with Gasteiger partial charge in [-0.1, -0.05) is 53.6 Å². The van der Waals surface area contributed by atoms with Gasteiger partial charge in [0.25, 0.3) is 0 Å². The first-order valence-corrected chi connectivity index (χ1v) is 13.1. The van der Waals surface area contributed by atoms with Crippen molar-refractivity contribution in [2.24, 2.45) is 5.92 Å². The third-order valence-corrected chi connectivity index (χ3v) is 7.31. The molecule has 3 N–H and O–H groups in total. The molecule has 184 valence electrons. The highest BCUT2D eigenvalue weighted by Gasteiger charge is 2.24. The molecule has 6 nitrogen and oxygen atoms in total. The number of hydrogen-bond donors (Lipinski definition) is 3. The van der Waals surface area contributed by atoms with Crippen molar-refractivity contribution in [3.05, 3.63) is 87.6 Å². The van der Waals surface area contributed by atoms with Crippen LogP contribution in [-0.4, -0.2) is 43.0 Å². The quantitative estimate of drug-likeness (QED) is 0.411. The molecule has 7 heteroatoms. The number of anilines is 1. The fourth-order valence-electron chi connectivity index (χ4n) is 4.45. The third kappa shape index (κ3) is 7.41.